The van der Waals surface area contributed by atoms with Gasteiger partial charge < -0.3 is 9.15 Å². The third-order valence-electron chi connectivity index (χ3n) is 3.74. The molecule has 1 aliphatic rings. The van der Waals surface area contributed by atoms with Gasteiger partial charge in [0.25, 0.3) is 0 Å². The first kappa shape index (κ1) is 14.5. The summed E-state index contributed by atoms with van der Waals surface area (Å²) in [5.41, 5.74) is 0. The molecule has 0 N–H and O–H groups in total. The van der Waals surface area contributed by atoms with Crippen molar-refractivity contribution >= 4 is 17.7 Å². The quantitative estimate of drug-likeness (QED) is 0.777. The predicted octanol–water partition coefficient (Wildman–Crippen LogP) is 2.78. The standard InChI is InChI=1S/C14H21NO3S/c1-15(11-5-4-6-13(11)19-3)9-10-7-8-12(18-10)14(16)17-2/h7-8,11,13H,4-6,9H2,1-3H3/t11-,13+/m0/s1. The number of thioether (sulfide) groups is 1. The van der Waals surface area contributed by atoms with Gasteiger partial charge in [-0.05, 0) is 38.3 Å². The molecule has 0 unspecified atom stereocenters. The number of hydrogen-bond acceptors (Lipinski definition) is 5. The van der Waals surface area contributed by atoms with Crippen LogP contribution in [0, 0.1) is 0 Å². The molecule has 106 valence electrons. The lowest BCUT2D eigenvalue weighted by molar-refractivity contribution is 0.0561. The van der Waals surface area contributed by atoms with E-state index in [4.69, 9.17) is 4.42 Å². The maximum Gasteiger partial charge on any atom is 0.373 e. The fraction of sp³-hybridized carbons (Fsp3) is 0.643. The zero-order valence-electron chi connectivity index (χ0n) is 11.7. The Morgan fingerprint density at radius 1 is 1.53 bits per heavy atom. The molecule has 19 heavy (non-hydrogen) atoms. The van der Waals surface area contributed by atoms with E-state index in [0.29, 0.717) is 11.3 Å². The van der Waals surface area contributed by atoms with E-state index in [1.165, 1.54) is 26.4 Å². The largest absolute Gasteiger partial charge is 0.463 e. The minimum atomic E-state index is -0.420. The molecular weight excluding hydrogens is 262 g/mol. The molecule has 2 rings (SSSR count). The summed E-state index contributed by atoms with van der Waals surface area (Å²) >= 11 is 1.95. The molecule has 1 aliphatic carbocycles. The Bertz CT molecular complexity index is 432. The Morgan fingerprint density at radius 3 is 3.00 bits per heavy atom. The smallest absolute Gasteiger partial charge is 0.373 e. The van der Waals surface area contributed by atoms with Gasteiger partial charge in [0.05, 0.1) is 13.7 Å². The monoisotopic (exact) mass is 283 g/mol. The van der Waals surface area contributed by atoms with E-state index < -0.39 is 5.97 Å². The lowest BCUT2D eigenvalue weighted by Gasteiger charge is -2.27. The van der Waals surface area contributed by atoms with Gasteiger partial charge in [0.1, 0.15) is 5.76 Å². The molecule has 0 saturated heterocycles. The van der Waals surface area contributed by atoms with E-state index in [2.05, 4.69) is 22.9 Å². The number of furan rings is 1. The van der Waals surface area contributed by atoms with Crippen LogP contribution >= 0.6 is 11.8 Å². The summed E-state index contributed by atoms with van der Waals surface area (Å²) in [6.45, 7) is 0.735. The van der Waals surface area contributed by atoms with Crippen molar-refractivity contribution < 1.29 is 13.9 Å². The van der Waals surface area contributed by atoms with Gasteiger partial charge in [0, 0.05) is 11.3 Å². The highest BCUT2D eigenvalue weighted by atomic mass is 32.2. The van der Waals surface area contributed by atoms with Crippen LogP contribution in [-0.4, -0.2) is 42.6 Å². The van der Waals surface area contributed by atoms with Crippen molar-refractivity contribution in [3.63, 3.8) is 0 Å². The Morgan fingerprint density at radius 2 is 2.32 bits per heavy atom. The minimum Gasteiger partial charge on any atom is -0.463 e. The van der Waals surface area contributed by atoms with Crippen LogP contribution in [0.15, 0.2) is 16.5 Å². The normalized spacial score (nSPS) is 22.9. The van der Waals surface area contributed by atoms with E-state index in [0.717, 1.165) is 12.3 Å². The molecule has 0 spiro atoms. The summed E-state index contributed by atoms with van der Waals surface area (Å²) in [6, 6.07) is 4.13. The number of ether oxygens (including phenoxy) is 1. The van der Waals surface area contributed by atoms with Crippen molar-refractivity contribution in [2.75, 3.05) is 20.4 Å². The second kappa shape index (κ2) is 6.48. The molecule has 1 aromatic rings. The summed E-state index contributed by atoms with van der Waals surface area (Å²) in [5, 5.41) is 0.708. The van der Waals surface area contributed by atoms with Crippen molar-refractivity contribution in [3.8, 4) is 0 Å². The molecular formula is C14H21NO3S. The number of carbonyl (C=O) groups is 1. The molecule has 1 saturated carbocycles. The fourth-order valence-corrected chi connectivity index (χ4v) is 3.78. The average molecular weight is 283 g/mol. The number of carbonyl (C=O) groups excluding carboxylic acids is 1. The van der Waals surface area contributed by atoms with Gasteiger partial charge in [-0.3, -0.25) is 4.90 Å². The number of hydrogen-bond donors (Lipinski definition) is 0. The molecule has 0 aliphatic heterocycles. The molecule has 0 radical (unpaired) electrons. The highest BCUT2D eigenvalue weighted by Gasteiger charge is 2.30. The SMILES string of the molecule is COC(=O)c1ccc(CN(C)[C@H]2CCC[C@H]2SC)o1. The van der Waals surface area contributed by atoms with Gasteiger partial charge in [-0.1, -0.05) is 6.42 Å². The second-order valence-corrected chi connectivity index (χ2v) is 6.02. The van der Waals surface area contributed by atoms with Crippen molar-refractivity contribution in [1.29, 1.82) is 0 Å². The van der Waals surface area contributed by atoms with Crippen LogP contribution in [0.3, 0.4) is 0 Å². The van der Waals surface area contributed by atoms with Gasteiger partial charge in [0.2, 0.25) is 5.76 Å². The van der Waals surface area contributed by atoms with Crippen LogP contribution in [0.2, 0.25) is 0 Å². The highest BCUT2D eigenvalue weighted by molar-refractivity contribution is 7.99. The Kier molecular flexibility index (Phi) is 4.93. The van der Waals surface area contributed by atoms with E-state index in [1.807, 2.05) is 17.8 Å². The number of nitrogens with zero attached hydrogens (tertiary/aromatic N) is 1. The molecule has 1 heterocycles. The van der Waals surface area contributed by atoms with Gasteiger partial charge >= 0.3 is 5.97 Å². The van der Waals surface area contributed by atoms with Crippen LogP contribution in [0.1, 0.15) is 35.6 Å². The minimum absolute atomic E-state index is 0.277. The Hall–Kier alpha value is -0.940. The summed E-state index contributed by atoms with van der Waals surface area (Å²) in [5.74, 6) is 0.671. The summed E-state index contributed by atoms with van der Waals surface area (Å²) in [4.78, 5) is 13.7. The molecule has 0 aromatic carbocycles. The first-order chi connectivity index (χ1) is 9.15. The predicted molar refractivity (Wildman–Crippen MR) is 76.5 cm³/mol. The zero-order valence-corrected chi connectivity index (χ0v) is 12.5. The number of methoxy groups -OCH3 is 1. The van der Waals surface area contributed by atoms with Crippen molar-refractivity contribution in [2.45, 2.75) is 37.1 Å². The highest BCUT2D eigenvalue weighted by Crippen LogP contribution is 2.32. The van der Waals surface area contributed by atoms with Crippen molar-refractivity contribution in [2.24, 2.45) is 0 Å². The van der Waals surface area contributed by atoms with E-state index >= 15 is 0 Å². The van der Waals surface area contributed by atoms with Gasteiger partial charge in [-0.25, -0.2) is 4.79 Å². The number of rotatable bonds is 5. The molecule has 1 fully saturated rings. The topological polar surface area (TPSA) is 42.7 Å². The third-order valence-corrected chi connectivity index (χ3v) is 4.90. The van der Waals surface area contributed by atoms with Crippen LogP contribution in [0.4, 0.5) is 0 Å². The van der Waals surface area contributed by atoms with E-state index in [1.54, 1.807) is 6.07 Å². The van der Waals surface area contributed by atoms with Crippen LogP contribution in [0.5, 0.6) is 0 Å². The first-order valence-electron chi connectivity index (χ1n) is 6.55. The average Bonchev–Trinajstić information content (AvgIpc) is 3.05. The van der Waals surface area contributed by atoms with E-state index in [9.17, 15) is 4.79 Å². The molecule has 0 bridgehead atoms. The summed E-state index contributed by atoms with van der Waals surface area (Å²) < 4.78 is 10.2. The van der Waals surface area contributed by atoms with Gasteiger partial charge in [-0.15, -0.1) is 0 Å². The Labute approximate surface area is 118 Å². The maximum absolute atomic E-state index is 11.3. The summed E-state index contributed by atoms with van der Waals surface area (Å²) in [7, 11) is 3.48. The maximum atomic E-state index is 11.3. The fourth-order valence-electron chi connectivity index (χ4n) is 2.72. The Balaban J connectivity index is 1.96. The molecule has 1 aromatic heterocycles. The molecule has 4 nitrogen and oxygen atoms in total. The molecule has 0 amide bonds. The lowest BCUT2D eigenvalue weighted by Crippen LogP contribution is -2.35. The molecule has 5 heteroatoms. The molecule has 2 atom stereocenters. The van der Waals surface area contributed by atoms with Crippen molar-refractivity contribution in [3.05, 3.63) is 23.7 Å². The second-order valence-electron chi connectivity index (χ2n) is 4.95. The third kappa shape index (κ3) is 3.34. The summed E-state index contributed by atoms with van der Waals surface area (Å²) in [6.07, 6.45) is 6.01. The van der Waals surface area contributed by atoms with Crippen molar-refractivity contribution in [1.82, 2.24) is 4.90 Å². The van der Waals surface area contributed by atoms with Crippen LogP contribution < -0.4 is 0 Å². The zero-order chi connectivity index (χ0) is 13.8. The first-order valence-corrected chi connectivity index (χ1v) is 7.84. The van der Waals surface area contributed by atoms with Crippen LogP contribution in [-0.2, 0) is 11.3 Å². The van der Waals surface area contributed by atoms with Gasteiger partial charge in [-0.2, -0.15) is 11.8 Å². The van der Waals surface area contributed by atoms with Gasteiger partial charge in [0.15, 0.2) is 0 Å². The number of esters is 1. The van der Waals surface area contributed by atoms with E-state index in [-0.39, 0.29) is 5.76 Å². The lowest BCUT2D eigenvalue weighted by atomic mass is 10.2. The van der Waals surface area contributed by atoms with Crippen LogP contribution in [0.25, 0.3) is 0 Å².